The van der Waals surface area contributed by atoms with Gasteiger partial charge in [-0.25, -0.2) is 0 Å². The van der Waals surface area contributed by atoms with Crippen LogP contribution in [0, 0.1) is 11.3 Å². The first kappa shape index (κ1) is 14.6. The molecular weight excluding hydrogens is 210 g/mol. The molecule has 0 aromatic rings. The summed E-state index contributed by atoms with van der Waals surface area (Å²) in [5, 5.41) is 8.74. The van der Waals surface area contributed by atoms with E-state index in [9.17, 15) is 0 Å². The van der Waals surface area contributed by atoms with Gasteiger partial charge in [0.15, 0.2) is 0 Å². The van der Waals surface area contributed by atoms with Crippen LogP contribution in [-0.4, -0.2) is 36.0 Å². The Hall–Kier alpha value is -0.413. The van der Waals surface area contributed by atoms with Crippen LogP contribution in [0.2, 0.25) is 5.54 Å². The van der Waals surface area contributed by atoms with Crippen molar-refractivity contribution < 1.29 is 14.2 Å². The lowest BCUT2D eigenvalue weighted by Crippen LogP contribution is -2.40. The maximum absolute atomic E-state index is 8.74. The Kier molecular flexibility index (Phi) is 7.61. The van der Waals surface area contributed by atoms with E-state index in [2.05, 4.69) is 16.3 Å². The standard InChI is InChI=1S/C10H18NO3Si/c1-4-12-10(13-5-2,14-6-3)7-9(15)8-11/h9H,4-7H2,1-3H3. The van der Waals surface area contributed by atoms with Gasteiger partial charge in [0.1, 0.15) is 0 Å². The lowest BCUT2D eigenvalue weighted by molar-refractivity contribution is -0.378. The van der Waals surface area contributed by atoms with E-state index in [1.165, 1.54) is 0 Å². The normalized spacial score (nSPS) is 13.5. The summed E-state index contributed by atoms with van der Waals surface area (Å²) in [5.74, 6) is -1.10. The summed E-state index contributed by atoms with van der Waals surface area (Å²) in [4.78, 5) is 0. The predicted molar refractivity (Wildman–Crippen MR) is 57.3 cm³/mol. The van der Waals surface area contributed by atoms with Gasteiger partial charge in [-0.1, -0.05) is 0 Å². The van der Waals surface area contributed by atoms with Gasteiger partial charge in [0.25, 0.3) is 5.97 Å². The molecule has 0 saturated carbocycles. The smallest absolute Gasteiger partial charge is 0.283 e. The van der Waals surface area contributed by atoms with E-state index in [-0.39, 0.29) is 5.54 Å². The maximum Gasteiger partial charge on any atom is 0.283 e. The Labute approximate surface area is 94.9 Å². The molecule has 1 atom stereocenters. The predicted octanol–water partition coefficient (Wildman–Crippen LogP) is 1.62. The van der Waals surface area contributed by atoms with Crippen LogP contribution < -0.4 is 0 Å². The van der Waals surface area contributed by atoms with Gasteiger partial charge < -0.3 is 14.2 Å². The van der Waals surface area contributed by atoms with E-state index < -0.39 is 5.97 Å². The first-order valence-electron chi connectivity index (χ1n) is 5.16. The highest BCUT2D eigenvalue weighted by atomic mass is 28.1. The fourth-order valence-electron chi connectivity index (χ4n) is 1.26. The third kappa shape index (κ3) is 5.28. The van der Waals surface area contributed by atoms with Crippen LogP contribution in [0.1, 0.15) is 27.2 Å². The van der Waals surface area contributed by atoms with Gasteiger partial charge >= 0.3 is 0 Å². The van der Waals surface area contributed by atoms with Crippen LogP contribution in [0.25, 0.3) is 0 Å². The van der Waals surface area contributed by atoms with Crippen LogP contribution in [0.5, 0.6) is 0 Å². The number of nitriles is 1. The fourth-order valence-corrected chi connectivity index (χ4v) is 1.51. The zero-order valence-electron chi connectivity index (χ0n) is 9.58. The molecule has 0 heterocycles. The highest BCUT2D eigenvalue weighted by Crippen LogP contribution is 2.26. The molecule has 5 heteroatoms. The van der Waals surface area contributed by atoms with Gasteiger partial charge in [-0.3, -0.25) is 0 Å². The lowest BCUT2D eigenvalue weighted by atomic mass is 10.2. The third-order valence-corrected chi connectivity index (χ3v) is 2.04. The Morgan fingerprint density at radius 1 is 1.13 bits per heavy atom. The zero-order chi connectivity index (χ0) is 11.7. The molecule has 3 radical (unpaired) electrons. The van der Waals surface area contributed by atoms with E-state index in [1.807, 2.05) is 20.8 Å². The molecule has 0 amide bonds. The van der Waals surface area contributed by atoms with Crippen molar-refractivity contribution in [2.45, 2.75) is 38.7 Å². The second-order valence-corrected chi connectivity index (χ2v) is 3.56. The van der Waals surface area contributed by atoms with Gasteiger partial charge in [0.2, 0.25) is 0 Å². The van der Waals surface area contributed by atoms with E-state index in [0.29, 0.717) is 26.2 Å². The molecule has 0 aliphatic carbocycles. The van der Waals surface area contributed by atoms with Gasteiger partial charge in [-0.15, -0.1) is 0 Å². The van der Waals surface area contributed by atoms with Crippen LogP contribution in [0.4, 0.5) is 0 Å². The number of nitrogens with zero attached hydrogens (tertiary/aromatic N) is 1. The van der Waals surface area contributed by atoms with Gasteiger partial charge in [0, 0.05) is 42.0 Å². The maximum atomic E-state index is 8.74. The summed E-state index contributed by atoms with van der Waals surface area (Å²) in [6, 6.07) is 2.07. The van der Waals surface area contributed by atoms with Crippen LogP contribution in [0.3, 0.4) is 0 Å². The summed E-state index contributed by atoms with van der Waals surface area (Å²) in [5.41, 5.74) is -0.352. The van der Waals surface area contributed by atoms with Crippen LogP contribution >= 0.6 is 0 Å². The largest absolute Gasteiger partial charge is 0.328 e. The fraction of sp³-hybridized carbons (Fsp3) is 0.900. The summed E-state index contributed by atoms with van der Waals surface area (Å²) >= 11 is 0. The van der Waals surface area contributed by atoms with Crippen molar-refractivity contribution in [1.29, 1.82) is 5.26 Å². The molecule has 4 nitrogen and oxygen atoms in total. The number of ether oxygens (including phenoxy) is 3. The first-order chi connectivity index (χ1) is 7.14. The highest BCUT2D eigenvalue weighted by molar-refractivity contribution is 6.13. The molecule has 0 saturated heterocycles. The Bertz CT molecular complexity index is 188. The van der Waals surface area contributed by atoms with E-state index in [1.54, 1.807) is 0 Å². The van der Waals surface area contributed by atoms with Crippen LogP contribution in [0.15, 0.2) is 0 Å². The highest BCUT2D eigenvalue weighted by Gasteiger charge is 2.34. The summed E-state index contributed by atoms with van der Waals surface area (Å²) in [6.45, 7) is 7.02. The molecule has 0 fully saturated rings. The van der Waals surface area contributed by atoms with Gasteiger partial charge in [0.05, 0.1) is 6.07 Å². The van der Waals surface area contributed by atoms with E-state index >= 15 is 0 Å². The average molecular weight is 228 g/mol. The molecule has 0 aliphatic heterocycles. The van der Waals surface area contributed by atoms with Gasteiger partial charge in [-0.05, 0) is 20.8 Å². The summed E-state index contributed by atoms with van der Waals surface area (Å²) in [7, 11) is 3.27. The number of rotatable bonds is 8. The van der Waals surface area contributed by atoms with Crippen molar-refractivity contribution in [1.82, 2.24) is 0 Å². The first-order valence-corrected chi connectivity index (χ1v) is 5.74. The molecule has 0 aromatic carbocycles. The minimum Gasteiger partial charge on any atom is -0.328 e. The molecule has 85 valence electrons. The topological polar surface area (TPSA) is 51.5 Å². The molecule has 0 aromatic heterocycles. The van der Waals surface area contributed by atoms with Crippen molar-refractivity contribution in [2.24, 2.45) is 0 Å². The molecule has 0 N–H and O–H groups in total. The Morgan fingerprint density at radius 3 is 1.80 bits per heavy atom. The van der Waals surface area contributed by atoms with Crippen LogP contribution in [-0.2, 0) is 14.2 Å². The molecule has 1 unspecified atom stereocenters. The molecular formula is C10H18NO3Si. The zero-order valence-corrected chi connectivity index (χ0v) is 10.6. The van der Waals surface area contributed by atoms with Crippen molar-refractivity contribution >= 4 is 10.2 Å². The summed E-state index contributed by atoms with van der Waals surface area (Å²) in [6.07, 6.45) is 0.343. The second-order valence-electron chi connectivity index (χ2n) is 2.87. The van der Waals surface area contributed by atoms with Crippen molar-refractivity contribution in [3.05, 3.63) is 0 Å². The van der Waals surface area contributed by atoms with Crippen molar-refractivity contribution in [2.75, 3.05) is 19.8 Å². The van der Waals surface area contributed by atoms with Gasteiger partial charge in [-0.2, -0.15) is 5.26 Å². The minimum absolute atomic E-state index is 0.343. The SMILES string of the molecule is CCOC(CC([Si])C#N)(OCC)OCC. The molecule has 0 bridgehead atoms. The lowest BCUT2D eigenvalue weighted by Gasteiger charge is -2.33. The molecule has 15 heavy (non-hydrogen) atoms. The minimum atomic E-state index is -1.10. The Morgan fingerprint density at radius 2 is 1.53 bits per heavy atom. The second kappa shape index (κ2) is 7.82. The average Bonchev–Trinajstić information content (AvgIpc) is 2.18. The monoisotopic (exact) mass is 228 g/mol. The van der Waals surface area contributed by atoms with E-state index in [0.717, 1.165) is 0 Å². The molecule has 0 aliphatic rings. The Balaban J connectivity index is 4.53. The quantitative estimate of drug-likeness (QED) is 0.468. The molecule has 0 spiro atoms. The number of hydrogen-bond acceptors (Lipinski definition) is 4. The van der Waals surface area contributed by atoms with Crippen molar-refractivity contribution in [3.8, 4) is 6.07 Å². The third-order valence-electron chi connectivity index (χ3n) is 1.70. The molecule has 0 rings (SSSR count). The van der Waals surface area contributed by atoms with Crippen molar-refractivity contribution in [3.63, 3.8) is 0 Å². The van der Waals surface area contributed by atoms with E-state index in [4.69, 9.17) is 19.5 Å². The summed E-state index contributed by atoms with van der Waals surface area (Å²) < 4.78 is 16.4. The number of hydrogen-bond donors (Lipinski definition) is 0.